The third kappa shape index (κ3) is 3.81. The molecule has 0 spiro atoms. The van der Waals surface area contributed by atoms with Crippen LogP contribution < -0.4 is 10.6 Å². The second-order valence-electron chi connectivity index (χ2n) is 4.51. The molecule has 0 fully saturated rings. The number of hydrogen-bond donors (Lipinski definition) is 2. The summed E-state index contributed by atoms with van der Waals surface area (Å²) in [5.74, 6) is -0.0405. The zero-order valence-corrected chi connectivity index (χ0v) is 12.6. The summed E-state index contributed by atoms with van der Waals surface area (Å²) in [6.45, 7) is 5.40. The number of nitrogens with one attached hydrogen (secondary N) is 2. The van der Waals surface area contributed by atoms with Crippen LogP contribution in [0.2, 0.25) is 0 Å². The van der Waals surface area contributed by atoms with Crippen molar-refractivity contribution < 1.29 is 4.79 Å². The van der Waals surface area contributed by atoms with Crippen molar-refractivity contribution >= 4 is 22.9 Å². The number of thiazole rings is 1. The van der Waals surface area contributed by atoms with Gasteiger partial charge in [-0.15, -0.1) is 11.3 Å². The molecular formula is C15H19N3OS. The van der Waals surface area contributed by atoms with Gasteiger partial charge in [0.25, 0.3) is 5.91 Å². The number of aryl methyl sites for hydroxylation is 1. The summed E-state index contributed by atoms with van der Waals surface area (Å²) >= 11 is 1.61. The van der Waals surface area contributed by atoms with Crippen molar-refractivity contribution in [2.45, 2.75) is 20.3 Å². The molecule has 2 rings (SSSR count). The van der Waals surface area contributed by atoms with Gasteiger partial charge >= 0.3 is 0 Å². The Morgan fingerprint density at radius 1 is 1.40 bits per heavy atom. The topological polar surface area (TPSA) is 54.0 Å². The Kier molecular flexibility index (Phi) is 5.12. The van der Waals surface area contributed by atoms with Gasteiger partial charge in [0, 0.05) is 36.8 Å². The maximum atomic E-state index is 12.3. The van der Waals surface area contributed by atoms with Gasteiger partial charge in [-0.25, -0.2) is 4.98 Å². The van der Waals surface area contributed by atoms with Crippen molar-refractivity contribution in [1.29, 1.82) is 0 Å². The summed E-state index contributed by atoms with van der Waals surface area (Å²) in [6.07, 6.45) is 2.55. The molecule has 0 atom stereocenters. The van der Waals surface area contributed by atoms with E-state index in [1.807, 2.05) is 37.4 Å². The highest BCUT2D eigenvalue weighted by atomic mass is 32.1. The van der Waals surface area contributed by atoms with Gasteiger partial charge in [0.2, 0.25) is 0 Å². The van der Waals surface area contributed by atoms with Gasteiger partial charge in [0.1, 0.15) is 0 Å². The molecule has 2 N–H and O–H groups in total. The number of benzene rings is 1. The normalized spacial score (nSPS) is 10.3. The van der Waals surface area contributed by atoms with E-state index < -0.39 is 0 Å². The van der Waals surface area contributed by atoms with Crippen molar-refractivity contribution in [3.05, 3.63) is 45.9 Å². The van der Waals surface area contributed by atoms with Gasteiger partial charge in [0.15, 0.2) is 0 Å². The molecule has 1 aromatic carbocycles. The number of nitrogens with zero attached hydrogens (tertiary/aromatic N) is 1. The van der Waals surface area contributed by atoms with Crippen LogP contribution in [-0.4, -0.2) is 24.0 Å². The Hall–Kier alpha value is -1.88. The molecule has 0 radical (unpaired) electrons. The Labute approximate surface area is 123 Å². The van der Waals surface area contributed by atoms with E-state index in [-0.39, 0.29) is 5.91 Å². The molecule has 20 heavy (non-hydrogen) atoms. The number of rotatable bonds is 6. The van der Waals surface area contributed by atoms with E-state index in [1.54, 1.807) is 17.5 Å². The second kappa shape index (κ2) is 7.05. The lowest BCUT2D eigenvalue weighted by atomic mass is 10.1. The molecular weight excluding hydrogens is 270 g/mol. The maximum absolute atomic E-state index is 12.3. The molecule has 0 saturated heterocycles. The monoisotopic (exact) mass is 289 g/mol. The van der Waals surface area contributed by atoms with E-state index in [0.29, 0.717) is 12.1 Å². The minimum atomic E-state index is -0.0405. The number of carbonyl (C=O) groups excluding carboxylic acids is 1. The average Bonchev–Trinajstić information content (AvgIpc) is 2.94. The summed E-state index contributed by atoms with van der Waals surface area (Å²) in [5.41, 5.74) is 2.66. The fraction of sp³-hybridized carbons (Fsp3) is 0.333. The van der Waals surface area contributed by atoms with E-state index in [2.05, 4.69) is 15.6 Å². The quantitative estimate of drug-likeness (QED) is 0.860. The second-order valence-corrected chi connectivity index (χ2v) is 5.49. The molecule has 0 aliphatic carbocycles. The van der Waals surface area contributed by atoms with Gasteiger partial charge in [-0.2, -0.15) is 0 Å². The van der Waals surface area contributed by atoms with Crippen molar-refractivity contribution in [2.24, 2.45) is 0 Å². The fourth-order valence-electron chi connectivity index (χ4n) is 1.95. The molecule has 5 heteroatoms. The van der Waals surface area contributed by atoms with Crippen LogP contribution in [0, 0.1) is 6.92 Å². The SMILES string of the molecule is CCNc1ccc(C)cc1C(=O)NCCc1nccs1. The van der Waals surface area contributed by atoms with Gasteiger partial charge in [-0.05, 0) is 26.0 Å². The van der Waals surface area contributed by atoms with E-state index in [0.717, 1.165) is 29.2 Å². The van der Waals surface area contributed by atoms with Crippen LogP contribution in [0.1, 0.15) is 27.9 Å². The zero-order chi connectivity index (χ0) is 14.4. The first-order valence-electron chi connectivity index (χ1n) is 6.71. The lowest BCUT2D eigenvalue weighted by molar-refractivity contribution is 0.0955. The molecule has 0 aliphatic rings. The Bertz CT molecular complexity index is 567. The molecule has 0 aliphatic heterocycles. The van der Waals surface area contributed by atoms with Crippen molar-refractivity contribution in [2.75, 3.05) is 18.4 Å². The van der Waals surface area contributed by atoms with E-state index in [9.17, 15) is 4.79 Å². The number of amides is 1. The Morgan fingerprint density at radius 3 is 2.95 bits per heavy atom. The molecule has 2 aromatic rings. The van der Waals surface area contributed by atoms with Crippen LogP contribution >= 0.6 is 11.3 Å². The zero-order valence-electron chi connectivity index (χ0n) is 11.8. The van der Waals surface area contributed by atoms with Crippen LogP contribution in [-0.2, 0) is 6.42 Å². The summed E-state index contributed by atoms with van der Waals surface area (Å²) in [6, 6.07) is 5.87. The number of anilines is 1. The predicted molar refractivity (Wildman–Crippen MR) is 83.5 cm³/mol. The Morgan fingerprint density at radius 2 is 2.25 bits per heavy atom. The van der Waals surface area contributed by atoms with Gasteiger partial charge in [0.05, 0.1) is 10.6 Å². The molecule has 1 aromatic heterocycles. The third-order valence-corrected chi connectivity index (χ3v) is 3.73. The maximum Gasteiger partial charge on any atom is 0.253 e. The standard InChI is InChI=1S/C15H19N3OS/c1-3-16-13-5-4-11(2)10-12(13)15(19)18-7-6-14-17-8-9-20-14/h4-5,8-10,16H,3,6-7H2,1-2H3,(H,18,19). The third-order valence-electron chi connectivity index (χ3n) is 2.89. The number of hydrogen-bond acceptors (Lipinski definition) is 4. The van der Waals surface area contributed by atoms with Gasteiger partial charge in [-0.1, -0.05) is 11.6 Å². The summed E-state index contributed by atoms with van der Waals surface area (Å²) in [7, 11) is 0. The number of carbonyl (C=O) groups is 1. The van der Waals surface area contributed by atoms with E-state index >= 15 is 0 Å². The molecule has 1 amide bonds. The van der Waals surface area contributed by atoms with Crippen LogP contribution in [0.4, 0.5) is 5.69 Å². The summed E-state index contributed by atoms with van der Waals surface area (Å²) < 4.78 is 0. The van der Waals surface area contributed by atoms with Crippen molar-refractivity contribution in [3.63, 3.8) is 0 Å². The largest absolute Gasteiger partial charge is 0.385 e. The Balaban J connectivity index is 1.99. The lowest BCUT2D eigenvalue weighted by Crippen LogP contribution is -2.26. The highest BCUT2D eigenvalue weighted by Crippen LogP contribution is 2.17. The summed E-state index contributed by atoms with van der Waals surface area (Å²) in [5, 5.41) is 9.16. The highest BCUT2D eigenvalue weighted by Gasteiger charge is 2.11. The minimum absolute atomic E-state index is 0.0405. The van der Waals surface area contributed by atoms with Crippen LogP contribution in [0.15, 0.2) is 29.8 Å². The first kappa shape index (κ1) is 14.5. The first-order chi connectivity index (χ1) is 9.70. The van der Waals surface area contributed by atoms with E-state index in [4.69, 9.17) is 0 Å². The van der Waals surface area contributed by atoms with Crippen molar-refractivity contribution in [1.82, 2.24) is 10.3 Å². The predicted octanol–water partition coefficient (Wildman–Crippen LogP) is 2.86. The van der Waals surface area contributed by atoms with Crippen molar-refractivity contribution in [3.8, 4) is 0 Å². The molecule has 0 bridgehead atoms. The first-order valence-corrected chi connectivity index (χ1v) is 7.59. The van der Waals surface area contributed by atoms with Gasteiger partial charge in [-0.3, -0.25) is 4.79 Å². The molecule has 1 heterocycles. The smallest absolute Gasteiger partial charge is 0.253 e. The van der Waals surface area contributed by atoms with E-state index in [1.165, 1.54) is 0 Å². The molecule has 106 valence electrons. The average molecular weight is 289 g/mol. The fourth-order valence-corrected chi connectivity index (χ4v) is 2.57. The molecule has 4 nitrogen and oxygen atoms in total. The minimum Gasteiger partial charge on any atom is -0.385 e. The number of aromatic nitrogens is 1. The van der Waals surface area contributed by atoms with Crippen LogP contribution in [0.3, 0.4) is 0 Å². The molecule has 0 unspecified atom stereocenters. The lowest BCUT2D eigenvalue weighted by Gasteiger charge is -2.11. The van der Waals surface area contributed by atoms with Crippen LogP contribution in [0.5, 0.6) is 0 Å². The van der Waals surface area contributed by atoms with Crippen LogP contribution in [0.25, 0.3) is 0 Å². The van der Waals surface area contributed by atoms with Gasteiger partial charge < -0.3 is 10.6 Å². The summed E-state index contributed by atoms with van der Waals surface area (Å²) in [4.78, 5) is 16.5. The molecule has 0 saturated carbocycles. The highest BCUT2D eigenvalue weighted by molar-refractivity contribution is 7.09.